The van der Waals surface area contributed by atoms with Crippen LogP contribution in [0.1, 0.15) is 25.6 Å². The van der Waals surface area contributed by atoms with Crippen molar-refractivity contribution in [1.82, 2.24) is 15.3 Å². The summed E-state index contributed by atoms with van der Waals surface area (Å²) in [6, 6.07) is 2.10. The maximum absolute atomic E-state index is 11.7. The Morgan fingerprint density at radius 3 is 3.17 bits per heavy atom. The zero-order valence-corrected chi connectivity index (χ0v) is 11.1. The Morgan fingerprint density at radius 1 is 1.61 bits per heavy atom. The Bertz CT molecular complexity index is 564. The van der Waals surface area contributed by atoms with Crippen molar-refractivity contribution in [3.8, 4) is 0 Å². The molecule has 0 aliphatic carbocycles. The second-order valence-corrected chi connectivity index (χ2v) is 5.06. The van der Waals surface area contributed by atoms with Gasteiger partial charge in [0.05, 0.1) is 12.1 Å². The largest absolute Gasteiger partial charge is 0.396 e. The van der Waals surface area contributed by atoms with Crippen molar-refractivity contribution >= 4 is 21.6 Å². The molecular formula is C12H17N3O2S. The zero-order chi connectivity index (χ0) is 13.0. The molecule has 5 nitrogen and oxygen atoms in total. The van der Waals surface area contributed by atoms with Gasteiger partial charge in [0, 0.05) is 12.6 Å². The first kappa shape index (κ1) is 13.2. The molecule has 2 aromatic heterocycles. The predicted octanol–water partition coefficient (Wildman–Crippen LogP) is 1.24. The van der Waals surface area contributed by atoms with E-state index in [0.29, 0.717) is 23.5 Å². The summed E-state index contributed by atoms with van der Waals surface area (Å²) in [5.74, 6) is 0.641. The van der Waals surface area contributed by atoms with Crippen LogP contribution in [0.25, 0.3) is 10.2 Å². The number of rotatable bonds is 6. The molecular weight excluding hydrogens is 250 g/mol. The van der Waals surface area contributed by atoms with E-state index in [1.165, 1.54) is 11.3 Å². The zero-order valence-electron chi connectivity index (χ0n) is 10.3. The van der Waals surface area contributed by atoms with Gasteiger partial charge in [0.25, 0.3) is 5.56 Å². The van der Waals surface area contributed by atoms with Gasteiger partial charge in [-0.2, -0.15) is 0 Å². The van der Waals surface area contributed by atoms with Crippen molar-refractivity contribution in [1.29, 1.82) is 0 Å². The number of thiophene rings is 1. The summed E-state index contributed by atoms with van der Waals surface area (Å²) in [5.41, 5.74) is 0.665. The normalized spacial score (nSPS) is 13.0. The van der Waals surface area contributed by atoms with Crippen LogP contribution < -0.4 is 10.9 Å². The number of fused-ring (bicyclic) bond motifs is 1. The van der Waals surface area contributed by atoms with Gasteiger partial charge in [-0.3, -0.25) is 4.79 Å². The van der Waals surface area contributed by atoms with Crippen molar-refractivity contribution in [2.45, 2.75) is 32.4 Å². The van der Waals surface area contributed by atoms with Crippen LogP contribution in [0.15, 0.2) is 16.2 Å². The summed E-state index contributed by atoms with van der Waals surface area (Å²) in [7, 11) is 0. The molecule has 2 rings (SSSR count). The van der Waals surface area contributed by atoms with Gasteiger partial charge in [-0.1, -0.05) is 6.92 Å². The van der Waals surface area contributed by atoms with Gasteiger partial charge in [0.15, 0.2) is 0 Å². The minimum Gasteiger partial charge on any atom is -0.396 e. The molecule has 0 aromatic carbocycles. The highest BCUT2D eigenvalue weighted by Crippen LogP contribution is 2.13. The molecule has 6 heteroatoms. The van der Waals surface area contributed by atoms with Crippen molar-refractivity contribution < 1.29 is 5.11 Å². The highest BCUT2D eigenvalue weighted by Gasteiger charge is 2.08. The smallest absolute Gasteiger partial charge is 0.268 e. The number of hydrogen-bond acceptors (Lipinski definition) is 5. The van der Waals surface area contributed by atoms with Crippen LogP contribution in [-0.2, 0) is 6.54 Å². The van der Waals surface area contributed by atoms with E-state index in [9.17, 15) is 4.79 Å². The fourth-order valence-corrected chi connectivity index (χ4v) is 2.58. The van der Waals surface area contributed by atoms with Crippen LogP contribution in [0.4, 0.5) is 0 Å². The molecule has 0 saturated heterocycles. The highest BCUT2D eigenvalue weighted by molar-refractivity contribution is 7.17. The van der Waals surface area contributed by atoms with Crippen LogP contribution in [0, 0.1) is 0 Å². The molecule has 2 heterocycles. The van der Waals surface area contributed by atoms with Gasteiger partial charge in [0.2, 0.25) is 0 Å². The van der Waals surface area contributed by atoms with Crippen LogP contribution in [-0.4, -0.2) is 27.7 Å². The van der Waals surface area contributed by atoms with Gasteiger partial charge < -0.3 is 15.4 Å². The van der Waals surface area contributed by atoms with Gasteiger partial charge in [-0.05, 0) is 24.3 Å². The number of hydrogen-bond donors (Lipinski definition) is 3. The first-order valence-electron chi connectivity index (χ1n) is 6.05. The summed E-state index contributed by atoms with van der Waals surface area (Å²) in [5, 5.41) is 14.1. The molecule has 2 aromatic rings. The lowest BCUT2D eigenvalue weighted by Crippen LogP contribution is -2.30. The van der Waals surface area contributed by atoms with Crippen molar-refractivity contribution in [2.75, 3.05) is 6.61 Å². The van der Waals surface area contributed by atoms with Gasteiger partial charge >= 0.3 is 0 Å². The Labute approximate surface area is 109 Å². The first-order valence-corrected chi connectivity index (χ1v) is 6.93. The van der Waals surface area contributed by atoms with Crippen LogP contribution in [0.2, 0.25) is 0 Å². The standard InChI is InChI=1S/C12H17N3O2S/c1-2-8(3-5-16)13-7-10-14-9-4-6-18-11(9)12(17)15-10/h4,6,8,13,16H,2-3,5,7H2,1H3,(H,14,15,17). The molecule has 1 unspecified atom stereocenters. The van der Waals surface area contributed by atoms with Crippen LogP contribution in [0.3, 0.4) is 0 Å². The van der Waals surface area contributed by atoms with Gasteiger partial charge in [-0.15, -0.1) is 11.3 Å². The molecule has 0 aliphatic heterocycles. The van der Waals surface area contributed by atoms with Gasteiger partial charge in [0.1, 0.15) is 10.5 Å². The number of aliphatic hydroxyl groups is 1. The molecule has 0 fully saturated rings. The number of aromatic nitrogens is 2. The van der Waals surface area contributed by atoms with Crippen molar-refractivity contribution in [3.63, 3.8) is 0 Å². The monoisotopic (exact) mass is 267 g/mol. The van der Waals surface area contributed by atoms with E-state index in [1.54, 1.807) is 0 Å². The Hall–Kier alpha value is -1.24. The van der Waals surface area contributed by atoms with Gasteiger partial charge in [-0.25, -0.2) is 4.98 Å². The van der Waals surface area contributed by atoms with E-state index in [1.807, 2.05) is 11.4 Å². The van der Waals surface area contributed by atoms with E-state index in [4.69, 9.17) is 5.11 Å². The average Bonchev–Trinajstić information content (AvgIpc) is 2.83. The highest BCUT2D eigenvalue weighted by atomic mass is 32.1. The lowest BCUT2D eigenvalue weighted by molar-refractivity contribution is 0.261. The summed E-state index contributed by atoms with van der Waals surface area (Å²) < 4.78 is 0.668. The third-order valence-electron chi connectivity index (χ3n) is 2.89. The first-order chi connectivity index (χ1) is 8.74. The molecule has 0 aliphatic rings. The van der Waals surface area contributed by atoms with Crippen molar-refractivity contribution in [3.05, 3.63) is 27.6 Å². The summed E-state index contributed by atoms with van der Waals surface area (Å²) >= 11 is 1.40. The average molecular weight is 267 g/mol. The Kier molecular flexibility index (Phi) is 4.46. The van der Waals surface area contributed by atoms with E-state index < -0.39 is 0 Å². The number of aliphatic hydroxyl groups excluding tert-OH is 1. The molecule has 0 bridgehead atoms. The number of aromatic amines is 1. The predicted molar refractivity (Wildman–Crippen MR) is 72.9 cm³/mol. The minimum absolute atomic E-state index is 0.0815. The van der Waals surface area contributed by atoms with E-state index >= 15 is 0 Å². The maximum Gasteiger partial charge on any atom is 0.268 e. The second-order valence-electron chi connectivity index (χ2n) is 4.15. The number of H-pyrrole nitrogens is 1. The molecule has 0 amide bonds. The third-order valence-corrected chi connectivity index (χ3v) is 3.79. The summed E-state index contributed by atoms with van der Waals surface area (Å²) in [4.78, 5) is 18.9. The number of nitrogens with one attached hydrogen (secondary N) is 2. The SMILES string of the molecule is CCC(CCO)NCc1nc2ccsc2c(=O)[nH]1. The fourth-order valence-electron chi connectivity index (χ4n) is 1.85. The summed E-state index contributed by atoms with van der Waals surface area (Å²) in [6.07, 6.45) is 1.65. The maximum atomic E-state index is 11.7. The summed E-state index contributed by atoms with van der Waals surface area (Å²) in [6.45, 7) is 2.74. The lowest BCUT2D eigenvalue weighted by Gasteiger charge is -2.14. The molecule has 98 valence electrons. The van der Waals surface area contributed by atoms with Crippen LogP contribution >= 0.6 is 11.3 Å². The molecule has 18 heavy (non-hydrogen) atoms. The van der Waals surface area contributed by atoms with E-state index in [0.717, 1.165) is 11.9 Å². The molecule has 0 saturated carbocycles. The third kappa shape index (κ3) is 2.95. The fraction of sp³-hybridized carbons (Fsp3) is 0.500. The lowest BCUT2D eigenvalue weighted by atomic mass is 10.1. The van der Waals surface area contributed by atoms with Crippen LogP contribution in [0.5, 0.6) is 0 Å². The molecule has 1 atom stereocenters. The Morgan fingerprint density at radius 2 is 2.44 bits per heavy atom. The number of nitrogens with zero attached hydrogens (tertiary/aromatic N) is 1. The molecule has 0 spiro atoms. The van der Waals surface area contributed by atoms with Crippen molar-refractivity contribution in [2.24, 2.45) is 0 Å². The second kappa shape index (κ2) is 6.08. The minimum atomic E-state index is -0.0815. The molecule has 0 radical (unpaired) electrons. The topological polar surface area (TPSA) is 78.0 Å². The quantitative estimate of drug-likeness (QED) is 0.735. The van der Waals surface area contributed by atoms with E-state index in [2.05, 4.69) is 22.2 Å². The molecule has 3 N–H and O–H groups in total. The van der Waals surface area contributed by atoms with E-state index in [-0.39, 0.29) is 18.2 Å². The Balaban J connectivity index is 2.09.